The maximum atomic E-state index is 13.0. The summed E-state index contributed by atoms with van der Waals surface area (Å²) < 4.78 is 0. The Bertz CT molecular complexity index is 778. The van der Waals surface area contributed by atoms with E-state index in [9.17, 15) is 19.5 Å². The fraction of sp³-hybridized carbons (Fsp3) is 0.640. The van der Waals surface area contributed by atoms with E-state index >= 15 is 0 Å². The number of benzene rings is 1. The van der Waals surface area contributed by atoms with Gasteiger partial charge in [0.15, 0.2) is 0 Å². The molecule has 2 N–H and O–H groups in total. The number of carboxylic acid groups (broad SMARTS) is 1. The van der Waals surface area contributed by atoms with Crippen molar-refractivity contribution < 1.29 is 19.5 Å². The zero-order valence-corrected chi connectivity index (χ0v) is 19.0. The Morgan fingerprint density at radius 3 is 2.32 bits per heavy atom. The van der Waals surface area contributed by atoms with Crippen molar-refractivity contribution in [2.45, 2.75) is 84.3 Å². The third kappa shape index (κ3) is 6.08. The molecule has 1 heterocycles. The summed E-state index contributed by atoms with van der Waals surface area (Å²) in [7, 11) is 0. The molecule has 31 heavy (non-hydrogen) atoms. The van der Waals surface area contributed by atoms with Gasteiger partial charge in [0.1, 0.15) is 12.1 Å². The van der Waals surface area contributed by atoms with Crippen LogP contribution in [0.1, 0.15) is 71.3 Å². The Hall–Kier alpha value is -2.37. The van der Waals surface area contributed by atoms with Gasteiger partial charge in [-0.1, -0.05) is 63.9 Å². The number of likely N-dealkylation sites (tertiary alicyclic amines) is 1. The maximum absolute atomic E-state index is 13.0. The van der Waals surface area contributed by atoms with Crippen molar-refractivity contribution in [2.24, 2.45) is 17.3 Å². The van der Waals surface area contributed by atoms with Crippen molar-refractivity contribution in [1.29, 1.82) is 0 Å². The zero-order chi connectivity index (χ0) is 22.6. The van der Waals surface area contributed by atoms with Crippen LogP contribution in [0.15, 0.2) is 30.3 Å². The molecule has 6 nitrogen and oxygen atoms in total. The number of carbonyl (C=O) groups excluding carboxylic acids is 2. The van der Waals surface area contributed by atoms with Crippen LogP contribution in [0.25, 0.3) is 0 Å². The second-order valence-electron chi connectivity index (χ2n) is 10.3. The molecule has 0 aromatic heterocycles. The molecule has 2 atom stereocenters. The molecule has 0 radical (unpaired) electrons. The summed E-state index contributed by atoms with van der Waals surface area (Å²) in [5.41, 5.74) is 1.24. The average molecular weight is 429 g/mol. The number of nitrogens with zero attached hydrogens (tertiary/aromatic N) is 1. The fourth-order valence-corrected chi connectivity index (χ4v) is 5.07. The molecule has 6 heteroatoms. The molecular weight excluding hydrogens is 392 g/mol. The molecular formula is C25H36N2O4. The molecule has 1 saturated carbocycles. The van der Waals surface area contributed by atoms with Crippen LogP contribution in [-0.4, -0.2) is 39.9 Å². The number of rotatable bonds is 7. The van der Waals surface area contributed by atoms with Crippen molar-refractivity contribution in [2.75, 3.05) is 0 Å². The van der Waals surface area contributed by atoms with Crippen LogP contribution in [-0.2, 0) is 20.9 Å². The predicted octanol–water partition coefficient (Wildman–Crippen LogP) is 3.99. The summed E-state index contributed by atoms with van der Waals surface area (Å²) >= 11 is 0. The molecule has 2 aliphatic rings. The maximum Gasteiger partial charge on any atom is 0.326 e. The van der Waals surface area contributed by atoms with E-state index < -0.39 is 18.1 Å². The monoisotopic (exact) mass is 428 g/mol. The largest absolute Gasteiger partial charge is 0.480 e. The number of carbonyl (C=O) groups is 3. The molecule has 2 amide bonds. The first kappa shape index (κ1) is 23.3. The van der Waals surface area contributed by atoms with Crippen LogP contribution in [0, 0.1) is 17.3 Å². The van der Waals surface area contributed by atoms with Crippen LogP contribution >= 0.6 is 0 Å². The number of carboxylic acids is 1. The number of hydrogen-bond acceptors (Lipinski definition) is 3. The Morgan fingerprint density at radius 1 is 1.10 bits per heavy atom. The van der Waals surface area contributed by atoms with Crippen LogP contribution < -0.4 is 5.32 Å². The Morgan fingerprint density at radius 2 is 1.74 bits per heavy atom. The van der Waals surface area contributed by atoms with E-state index in [2.05, 4.69) is 26.1 Å². The molecule has 2 fully saturated rings. The lowest BCUT2D eigenvalue weighted by atomic mass is 9.69. The van der Waals surface area contributed by atoms with Gasteiger partial charge in [0.25, 0.3) is 0 Å². The van der Waals surface area contributed by atoms with E-state index in [1.54, 1.807) is 4.90 Å². The Labute approximate surface area is 185 Å². The highest BCUT2D eigenvalue weighted by Crippen LogP contribution is 2.41. The minimum atomic E-state index is -0.995. The molecule has 170 valence electrons. The number of hydrogen-bond donors (Lipinski definition) is 2. The summed E-state index contributed by atoms with van der Waals surface area (Å²) in [6.45, 7) is 7.17. The molecule has 0 unspecified atom stereocenters. The Balaban J connectivity index is 1.58. The zero-order valence-electron chi connectivity index (χ0n) is 19.0. The van der Waals surface area contributed by atoms with Gasteiger partial charge >= 0.3 is 5.97 Å². The first-order valence-corrected chi connectivity index (χ1v) is 11.5. The molecule has 3 rings (SSSR count). The van der Waals surface area contributed by atoms with E-state index in [0.717, 1.165) is 31.2 Å². The first-order valence-electron chi connectivity index (χ1n) is 11.5. The molecule has 0 spiro atoms. The smallest absolute Gasteiger partial charge is 0.326 e. The van der Waals surface area contributed by atoms with E-state index in [1.165, 1.54) is 0 Å². The van der Waals surface area contributed by atoms with Gasteiger partial charge in [-0.25, -0.2) is 4.79 Å². The van der Waals surface area contributed by atoms with Crippen molar-refractivity contribution in [3.8, 4) is 0 Å². The lowest BCUT2D eigenvalue weighted by Gasteiger charge is -2.37. The van der Waals surface area contributed by atoms with Gasteiger partial charge in [0.05, 0.1) is 0 Å². The van der Waals surface area contributed by atoms with Gasteiger partial charge < -0.3 is 15.3 Å². The normalized spacial score (nSPS) is 25.3. The van der Waals surface area contributed by atoms with Crippen LogP contribution in [0.3, 0.4) is 0 Å². The molecule has 0 bridgehead atoms. The van der Waals surface area contributed by atoms with E-state index in [4.69, 9.17) is 0 Å². The molecule has 1 aromatic rings. The predicted molar refractivity (Wildman–Crippen MR) is 119 cm³/mol. The SMILES string of the molecule is CC(C)(C)C1CCC(C[C@H](NC(=O)[C@@H]2CCC(=O)N2Cc2ccccc2)C(=O)O)CC1. The van der Waals surface area contributed by atoms with Gasteiger partial charge in [-0.3, -0.25) is 9.59 Å². The van der Waals surface area contributed by atoms with Gasteiger partial charge in [-0.05, 0) is 48.5 Å². The lowest BCUT2D eigenvalue weighted by molar-refractivity contribution is -0.143. The summed E-state index contributed by atoms with van der Waals surface area (Å²) in [6, 6.07) is 8.05. The standard InChI is InChI=1S/C25H36N2O4/c1-25(2,3)19-11-9-17(10-12-19)15-20(24(30)31)26-23(29)21-13-14-22(28)27(21)16-18-7-5-4-6-8-18/h4-8,17,19-21H,9-16H2,1-3H3,(H,26,29)(H,30,31)/t17?,19?,20-,21-/m0/s1. The quantitative estimate of drug-likeness (QED) is 0.687. The van der Waals surface area contributed by atoms with Crippen molar-refractivity contribution >= 4 is 17.8 Å². The first-order chi connectivity index (χ1) is 14.6. The summed E-state index contributed by atoms with van der Waals surface area (Å²) in [4.78, 5) is 38.8. The summed E-state index contributed by atoms with van der Waals surface area (Å²) in [5, 5.41) is 12.5. The topological polar surface area (TPSA) is 86.7 Å². The van der Waals surface area contributed by atoms with Gasteiger partial charge in [-0.15, -0.1) is 0 Å². The molecule has 1 aromatic carbocycles. The molecule has 1 aliphatic carbocycles. The van der Waals surface area contributed by atoms with E-state index in [-0.39, 0.29) is 17.2 Å². The number of nitrogens with one attached hydrogen (secondary N) is 1. The van der Waals surface area contributed by atoms with Gasteiger partial charge in [-0.2, -0.15) is 0 Å². The highest BCUT2D eigenvalue weighted by atomic mass is 16.4. The second kappa shape index (κ2) is 9.84. The summed E-state index contributed by atoms with van der Waals surface area (Å²) in [5.74, 6) is -0.428. The van der Waals surface area contributed by atoms with Crippen molar-refractivity contribution in [3.63, 3.8) is 0 Å². The van der Waals surface area contributed by atoms with E-state index in [0.29, 0.717) is 37.6 Å². The fourth-order valence-electron chi connectivity index (χ4n) is 5.07. The summed E-state index contributed by atoms with van der Waals surface area (Å²) in [6.07, 6.45) is 5.43. The highest BCUT2D eigenvalue weighted by Gasteiger charge is 2.38. The van der Waals surface area contributed by atoms with Gasteiger partial charge in [0, 0.05) is 13.0 Å². The third-order valence-electron chi connectivity index (χ3n) is 7.08. The highest BCUT2D eigenvalue weighted by molar-refractivity contribution is 5.92. The third-order valence-corrected chi connectivity index (χ3v) is 7.08. The molecule has 1 aliphatic heterocycles. The van der Waals surface area contributed by atoms with Crippen LogP contribution in [0.4, 0.5) is 0 Å². The second-order valence-corrected chi connectivity index (χ2v) is 10.3. The van der Waals surface area contributed by atoms with E-state index in [1.807, 2.05) is 30.3 Å². The van der Waals surface area contributed by atoms with Crippen molar-refractivity contribution in [3.05, 3.63) is 35.9 Å². The Kier molecular flexibility index (Phi) is 7.39. The number of amides is 2. The van der Waals surface area contributed by atoms with Crippen LogP contribution in [0.2, 0.25) is 0 Å². The van der Waals surface area contributed by atoms with Gasteiger partial charge in [0.2, 0.25) is 11.8 Å². The van der Waals surface area contributed by atoms with Crippen molar-refractivity contribution in [1.82, 2.24) is 10.2 Å². The minimum absolute atomic E-state index is 0.0589. The number of aliphatic carboxylic acids is 1. The molecule has 1 saturated heterocycles. The average Bonchev–Trinajstić information content (AvgIpc) is 3.08. The minimum Gasteiger partial charge on any atom is -0.480 e. The van der Waals surface area contributed by atoms with Crippen LogP contribution in [0.5, 0.6) is 0 Å². The lowest BCUT2D eigenvalue weighted by Crippen LogP contribution is -2.50.